The highest BCUT2D eigenvalue weighted by Crippen LogP contribution is 2.37. The standard InChI is InChI=1S/C15H29N3O/c1-12(2)15(7-8-16-11-15)14(19)18(4)13-5-9-17(3)10-6-13/h12-13,16H,5-11H2,1-4H3. The van der Waals surface area contributed by atoms with Crippen LogP contribution in [0.2, 0.25) is 0 Å². The van der Waals surface area contributed by atoms with Gasteiger partial charge in [-0.1, -0.05) is 13.8 Å². The summed E-state index contributed by atoms with van der Waals surface area (Å²) >= 11 is 0. The normalized spacial score (nSPS) is 29.9. The van der Waals surface area contributed by atoms with E-state index in [1.807, 2.05) is 7.05 Å². The van der Waals surface area contributed by atoms with Crippen LogP contribution in [0.15, 0.2) is 0 Å². The molecule has 0 spiro atoms. The molecule has 0 aromatic rings. The molecule has 0 bridgehead atoms. The van der Waals surface area contributed by atoms with Gasteiger partial charge in [0.15, 0.2) is 0 Å². The molecular weight excluding hydrogens is 238 g/mol. The van der Waals surface area contributed by atoms with Gasteiger partial charge < -0.3 is 15.1 Å². The van der Waals surface area contributed by atoms with E-state index in [1.54, 1.807) is 0 Å². The topological polar surface area (TPSA) is 35.6 Å². The Bertz CT molecular complexity index is 315. The van der Waals surface area contributed by atoms with Crippen molar-refractivity contribution in [2.75, 3.05) is 40.3 Å². The van der Waals surface area contributed by atoms with Crippen LogP contribution in [0, 0.1) is 11.3 Å². The summed E-state index contributed by atoms with van der Waals surface area (Å²) in [5.41, 5.74) is -0.169. The SMILES string of the molecule is CC(C)C1(C(=O)N(C)C2CCN(C)CC2)CCNC1. The molecule has 2 fully saturated rings. The summed E-state index contributed by atoms with van der Waals surface area (Å²) < 4.78 is 0. The minimum atomic E-state index is -0.169. The average Bonchev–Trinajstić information content (AvgIpc) is 2.88. The number of piperidine rings is 1. The molecule has 0 aromatic carbocycles. The van der Waals surface area contributed by atoms with Crippen LogP contribution in [0.5, 0.6) is 0 Å². The molecule has 2 aliphatic rings. The van der Waals surface area contributed by atoms with Crippen molar-refractivity contribution in [3.05, 3.63) is 0 Å². The zero-order valence-corrected chi connectivity index (χ0v) is 12.9. The lowest BCUT2D eigenvalue weighted by atomic mass is 9.75. The van der Waals surface area contributed by atoms with Crippen LogP contribution in [-0.4, -0.2) is 62.0 Å². The Balaban J connectivity index is 2.05. The molecule has 2 aliphatic heterocycles. The molecular formula is C15H29N3O. The average molecular weight is 267 g/mol. The van der Waals surface area contributed by atoms with Crippen LogP contribution in [0.4, 0.5) is 0 Å². The summed E-state index contributed by atoms with van der Waals surface area (Å²) in [7, 11) is 4.18. The molecule has 1 amide bonds. The Kier molecular flexibility index (Phi) is 4.51. The van der Waals surface area contributed by atoms with Gasteiger partial charge in [0.25, 0.3) is 0 Å². The van der Waals surface area contributed by atoms with E-state index >= 15 is 0 Å². The predicted octanol–water partition coefficient (Wildman–Crippen LogP) is 1.17. The highest BCUT2D eigenvalue weighted by Gasteiger charge is 2.46. The fraction of sp³-hybridized carbons (Fsp3) is 0.933. The molecule has 2 saturated heterocycles. The van der Waals surface area contributed by atoms with Crippen LogP contribution in [0.3, 0.4) is 0 Å². The lowest BCUT2D eigenvalue weighted by Gasteiger charge is -2.41. The summed E-state index contributed by atoms with van der Waals surface area (Å²) in [5, 5.41) is 3.38. The molecule has 0 saturated carbocycles. The van der Waals surface area contributed by atoms with E-state index in [1.165, 1.54) is 0 Å². The van der Waals surface area contributed by atoms with Crippen LogP contribution in [0.1, 0.15) is 33.1 Å². The molecule has 4 heteroatoms. The van der Waals surface area contributed by atoms with Gasteiger partial charge in [-0.05, 0) is 51.9 Å². The van der Waals surface area contributed by atoms with E-state index in [9.17, 15) is 4.79 Å². The summed E-state index contributed by atoms with van der Waals surface area (Å²) in [6.07, 6.45) is 3.21. The van der Waals surface area contributed by atoms with Crippen molar-refractivity contribution in [1.29, 1.82) is 0 Å². The van der Waals surface area contributed by atoms with Gasteiger partial charge in [0.2, 0.25) is 5.91 Å². The second kappa shape index (κ2) is 5.80. The highest BCUT2D eigenvalue weighted by molar-refractivity contribution is 5.83. The van der Waals surface area contributed by atoms with Crippen molar-refractivity contribution in [2.45, 2.75) is 39.2 Å². The number of hydrogen-bond acceptors (Lipinski definition) is 3. The molecule has 4 nitrogen and oxygen atoms in total. The third kappa shape index (κ3) is 2.79. The van der Waals surface area contributed by atoms with Crippen LogP contribution >= 0.6 is 0 Å². The molecule has 19 heavy (non-hydrogen) atoms. The molecule has 1 atom stereocenters. The molecule has 1 N–H and O–H groups in total. The minimum Gasteiger partial charge on any atom is -0.342 e. The van der Waals surface area contributed by atoms with E-state index < -0.39 is 0 Å². The number of carbonyl (C=O) groups excluding carboxylic acids is 1. The van der Waals surface area contributed by atoms with Crippen molar-refractivity contribution in [3.8, 4) is 0 Å². The Morgan fingerprint density at radius 2 is 2.00 bits per heavy atom. The molecule has 2 rings (SSSR count). The molecule has 1 unspecified atom stereocenters. The van der Waals surface area contributed by atoms with Gasteiger partial charge in [-0.15, -0.1) is 0 Å². The first-order valence-corrected chi connectivity index (χ1v) is 7.64. The lowest BCUT2D eigenvalue weighted by Crippen LogP contribution is -2.52. The molecule has 2 heterocycles. The first-order valence-electron chi connectivity index (χ1n) is 7.64. The van der Waals surface area contributed by atoms with Gasteiger partial charge in [0, 0.05) is 19.6 Å². The van der Waals surface area contributed by atoms with Gasteiger partial charge in [0.1, 0.15) is 0 Å². The van der Waals surface area contributed by atoms with Crippen LogP contribution < -0.4 is 5.32 Å². The van der Waals surface area contributed by atoms with Crippen molar-refractivity contribution in [1.82, 2.24) is 15.1 Å². The maximum absolute atomic E-state index is 13.0. The number of rotatable bonds is 3. The largest absolute Gasteiger partial charge is 0.342 e. The fourth-order valence-corrected chi connectivity index (χ4v) is 3.53. The zero-order chi connectivity index (χ0) is 14.0. The number of amides is 1. The zero-order valence-electron chi connectivity index (χ0n) is 12.9. The first-order chi connectivity index (χ1) is 8.97. The predicted molar refractivity (Wildman–Crippen MR) is 78.0 cm³/mol. The summed E-state index contributed by atoms with van der Waals surface area (Å²) in [4.78, 5) is 17.4. The van der Waals surface area contributed by atoms with E-state index in [2.05, 4.69) is 36.0 Å². The van der Waals surface area contributed by atoms with E-state index in [0.29, 0.717) is 17.9 Å². The van der Waals surface area contributed by atoms with Crippen LogP contribution in [0.25, 0.3) is 0 Å². The Morgan fingerprint density at radius 1 is 1.37 bits per heavy atom. The number of carbonyl (C=O) groups is 1. The quantitative estimate of drug-likeness (QED) is 0.834. The smallest absolute Gasteiger partial charge is 0.230 e. The van der Waals surface area contributed by atoms with Crippen molar-refractivity contribution >= 4 is 5.91 Å². The molecule has 110 valence electrons. The van der Waals surface area contributed by atoms with Crippen molar-refractivity contribution in [3.63, 3.8) is 0 Å². The van der Waals surface area contributed by atoms with Gasteiger partial charge in [-0.25, -0.2) is 0 Å². The van der Waals surface area contributed by atoms with Crippen molar-refractivity contribution in [2.24, 2.45) is 11.3 Å². The van der Waals surface area contributed by atoms with Gasteiger partial charge in [-0.3, -0.25) is 4.79 Å². The lowest BCUT2D eigenvalue weighted by molar-refractivity contribution is -0.145. The van der Waals surface area contributed by atoms with Crippen LogP contribution in [-0.2, 0) is 4.79 Å². The second-order valence-corrected chi connectivity index (χ2v) is 6.69. The maximum atomic E-state index is 13.0. The van der Waals surface area contributed by atoms with Gasteiger partial charge in [-0.2, -0.15) is 0 Å². The van der Waals surface area contributed by atoms with Gasteiger partial charge in [0.05, 0.1) is 5.41 Å². The van der Waals surface area contributed by atoms with E-state index in [4.69, 9.17) is 0 Å². The van der Waals surface area contributed by atoms with Gasteiger partial charge >= 0.3 is 0 Å². The number of likely N-dealkylation sites (tertiary alicyclic amines) is 1. The third-order valence-corrected chi connectivity index (χ3v) is 5.28. The number of hydrogen-bond donors (Lipinski definition) is 1. The molecule has 0 aliphatic carbocycles. The van der Waals surface area contributed by atoms with E-state index in [-0.39, 0.29) is 5.41 Å². The van der Waals surface area contributed by atoms with E-state index in [0.717, 1.165) is 45.4 Å². The third-order valence-electron chi connectivity index (χ3n) is 5.28. The summed E-state index contributed by atoms with van der Waals surface area (Å²) in [5.74, 6) is 0.769. The Labute approximate surface area is 117 Å². The Hall–Kier alpha value is -0.610. The highest BCUT2D eigenvalue weighted by atomic mass is 16.2. The first kappa shape index (κ1) is 14.8. The number of nitrogens with one attached hydrogen (secondary N) is 1. The second-order valence-electron chi connectivity index (χ2n) is 6.69. The number of nitrogens with zero attached hydrogens (tertiary/aromatic N) is 2. The molecule has 0 radical (unpaired) electrons. The Morgan fingerprint density at radius 3 is 2.47 bits per heavy atom. The van der Waals surface area contributed by atoms with Crippen molar-refractivity contribution < 1.29 is 4.79 Å². The summed E-state index contributed by atoms with van der Waals surface area (Å²) in [6.45, 7) is 8.41. The summed E-state index contributed by atoms with van der Waals surface area (Å²) in [6, 6.07) is 0.430. The molecule has 0 aromatic heterocycles. The maximum Gasteiger partial charge on any atom is 0.230 e. The minimum absolute atomic E-state index is 0.169. The fourth-order valence-electron chi connectivity index (χ4n) is 3.53. The monoisotopic (exact) mass is 267 g/mol.